The minimum absolute atomic E-state index is 0.142. The van der Waals surface area contributed by atoms with Crippen molar-refractivity contribution < 1.29 is 4.79 Å². The highest BCUT2D eigenvalue weighted by molar-refractivity contribution is 7.99. The third-order valence-corrected chi connectivity index (χ3v) is 5.92. The van der Waals surface area contributed by atoms with E-state index in [0.29, 0.717) is 18.2 Å². The predicted molar refractivity (Wildman–Crippen MR) is 102 cm³/mol. The standard InChI is InChI=1S/C19H22N4O2S/c24-17(16-12-21-19-23(18(16)25)10-11-26-19)20-7-3-8-22-9-6-14-4-1-2-5-15(14)13-22/h1-2,4-5,12H,3,6-11,13H2,(H,20,24). The number of nitrogens with zero attached hydrogens (tertiary/aromatic N) is 3. The number of rotatable bonds is 5. The van der Waals surface area contributed by atoms with Crippen LogP contribution in [0.5, 0.6) is 0 Å². The van der Waals surface area contributed by atoms with Crippen molar-refractivity contribution in [3.05, 3.63) is 57.5 Å². The number of hydrogen-bond acceptors (Lipinski definition) is 5. The van der Waals surface area contributed by atoms with Crippen LogP contribution in [0.25, 0.3) is 0 Å². The summed E-state index contributed by atoms with van der Waals surface area (Å²) in [5, 5.41) is 3.57. The second kappa shape index (κ2) is 7.63. The number of carbonyl (C=O) groups excluding carboxylic acids is 1. The van der Waals surface area contributed by atoms with E-state index >= 15 is 0 Å². The summed E-state index contributed by atoms with van der Waals surface area (Å²) < 4.78 is 1.59. The second-order valence-corrected chi connectivity index (χ2v) is 7.73. The van der Waals surface area contributed by atoms with Gasteiger partial charge in [0, 0.05) is 44.7 Å². The molecule has 136 valence electrons. The predicted octanol–water partition coefficient (Wildman–Crippen LogP) is 1.53. The average Bonchev–Trinajstić information content (AvgIpc) is 3.15. The van der Waals surface area contributed by atoms with Gasteiger partial charge in [0.2, 0.25) is 0 Å². The highest BCUT2D eigenvalue weighted by atomic mass is 32.2. The molecule has 2 aromatic rings. The fourth-order valence-corrected chi connectivity index (χ4v) is 4.43. The van der Waals surface area contributed by atoms with Gasteiger partial charge in [0.15, 0.2) is 5.16 Å². The van der Waals surface area contributed by atoms with Gasteiger partial charge in [0.05, 0.1) is 0 Å². The SMILES string of the molecule is O=C(NCCCN1CCc2ccccc2C1)c1cnc2n(c1=O)CCS2. The molecule has 0 atom stereocenters. The van der Waals surface area contributed by atoms with Gasteiger partial charge in [-0.3, -0.25) is 19.1 Å². The Morgan fingerprint density at radius 1 is 1.23 bits per heavy atom. The Morgan fingerprint density at radius 3 is 2.96 bits per heavy atom. The van der Waals surface area contributed by atoms with Crippen LogP contribution < -0.4 is 10.9 Å². The summed E-state index contributed by atoms with van der Waals surface area (Å²) in [6, 6.07) is 8.58. The van der Waals surface area contributed by atoms with Crippen molar-refractivity contribution in [3.8, 4) is 0 Å². The lowest BCUT2D eigenvalue weighted by Crippen LogP contribution is -2.36. The number of aromatic nitrogens is 2. The van der Waals surface area contributed by atoms with Gasteiger partial charge in [0.25, 0.3) is 11.5 Å². The molecule has 0 aliphatic carbocycles. The van der Waals surface area contributed by atoms with Crippen molar-refractivity contribution in [2.45, 2.75) is 31.1 Å². The first-order valence-corrected chi connectivity index (χ1v) is 10.0. The molecule has 2 aliphatic rings. The number of fused-ring (bicyclic) bond motifs is 2. The van der Waals surface area contributed by atoms with Crippen molar-refractivity contribution in [1.29, 1.82) is 0 Å². The molecule has 1 N–H and O–H groups in total. The molecule has 0 radical (unpaired) electrons. The minimum Gasteiger partial charge on any atom is -0.352 e. The Kier molecular flexibility index (Phi) is 5.08. The summed E-state index contributed by atoms with van der Waals surface area (Å²) >= 11 is 1.55. The molecule has 0 saturated carbocycles. The average molecular weight is 370 g/mol. The molecule has 1 aromatic heterocycles. The fraction of sp³-hybridized carbons (Fsp3) is 0.421. The lowest BCUT2D eigenvalue weighted by molar-refractivity contribution is 0.0948. The van der Waals surface area contributed by atoms with Crippen molar-refractivity contribution in [2.75, 3.05) is 25.4 Å². The summed E-state index contributed by atoms with van der Waals surface area (Å²) in [5.74, 6) is 0.519. The zero-order chi connectivity index (χ0) is 17.9. The minimum atomic E-state index is -0.321. The molecule has 0 saturated heterocycles. The smallest absolute Gasteiger partial charge is 0.267 e. The highest BCUT2D eigenvalue weighted by Crippen LogP contribution is 2.20. The van der Waals surface area contributed by atoms with Crippen LogP contribution in [0.1, 0.15) is 27.9 Å². The first-order valence-electron chi connectivity index (χ1n) is 9.02. The molecule has 0 spiro atoms. The molecule has 0 fully saturated rings. The van der Waals surface area contributed by atoms with Gasteiger partial charge in [0.1, 0.15) is 5.56 Å². The van der Waals surface area contributed by atoms with Crippen molar-refractivity contribution in [1.82, 2.24) is 19.8 Å². The molecule has 0 unspecified atom stereocenters. The molecular weight excluding hydrogens is 348 g/mol. The topological polar surface area (TPSA) is 67.2 Å². The van der Waals surface area contributed by atoms with Crippen molar-refractivity contribution >= 4 is 17.7 Å². The zero-order valence-electron chi connectivity index (χ0n) is 14.6. The van der Waals surface area contributed by atoms with E-state index in [1.54, 1.807) is 16.3 Å². The van der Waals surface area contributed by atoms with Crippen LogP contribution in [0.2, 0.25) is 0 Å². The van der Waals surface area contributed by atoms with Gasteiger partial charge < -0.3 is 5.32 Å². The largest absolute Gasteiger partial charge is 0.352 e. The first kappa shape index (κ1) is 17.3. The van der Waals surface area contributed by atoms with Crippen LogP contribution in [0.4, 0.5) is 0 Å². The Morgan fingerprint density at radius 2 is 2.08 bits per heavy atom. The Hall–Kier alpha value is -2.12. The van der Waals surface area contributed by atoms with Crippen LogP contribution in [0.15, 0.2) is 40.4 Å². The van der Waals surface area contributed by atoms with Gasteiger partial charge in [-0.1, -0.05) is 36.0 Å². The van der Waals surface area contributed by atoms with Gasteiger partial charge in [-0.2, -0.15) is 0 Å². The van der Waals surface area contributed by atoms with Crippen LogP contribution >= 0.6 is 11.8 Å². The van der Waals surface area contributed by atoms with E-state index in [4.69, 9.17) is 0 Å². The summed E-state index contributed by atoms with van der Waals surface area (Å²) in [5.41, 5.74) is 2.76. The van der Waals surface area contributed by atoms with Crippen LogP contribution in [-0.2, 0) is 19.5 Å². The maximum absolute atomic E-state index is 12.3. The van der Waals surface area contributed by atoms with Crippen LogP contribution in [0.3, 0.4) is 0 Å². The van der Waals surface area contributed by atoms with Crippen LogP contribution in [-0.4, -0.2) is 45.7 Å². The quantitative estimate of drug-likeness (QED) is 0.639. The third-order valence-electron chi connectivity index (χ3n) is 4.95. The molecular formula is C19H22N4O2S. The maximum Gasteiger partial charge on any atom is 0.267 e. The summed E-state index contributed by atoms with van der Waals surface area (Å²) in [6.07, 6.45) is 3.35. The molecule has 1 amide bonds. The van der Waals surface area contributed by atoms with E-state index in [1.807, 2.05) is 0 Å². The lowest BCUT2D eigenvalue weighted by atomic mass is 10.00. The van der Waals surface area contributed by atoms with Crippen molar-refractivity contribution in [3.63, 3.8) is 0 Å². The van der Waals surface area contributed by atoms with Gasteiger partial charge in [-0.05, 0) is 24.0 Å². The molecule has 3 heterocycles. The molecule has 6 nitrogen and oxygen atoms in total. The Bertz CT molecular complexity index is 880. The first-order chi connectivity index (χ1) is 12.7. The summed E-state index contributed by atoms with van der Waals surface area (Å²) in [7, 11) is 0. The summed E-state index contributed by atoms with van der Waals surface area (Å²) in [6.45, 7) is 4.15. The van der Waals surface area contributed by atoms with E-state index in [-0.39, 0.29) is 17.0 Å². The van der Waals surface area contributed by atoms with Gasteiger partial charge in [-0.25, -0.2) is 4.98 Å². The molecule has 4 rings (SSSR count). The molecule has 7 heteroatoms. The highest BCUT2D eigenvalue weighted by Gasteiger charge is 2.20. The summed E-state index contributed by atoms with van der Waals surface area (Å²) in [4.78, 5) is 31.3. The number of amides is 1. The fourth-order valence-electron chi connectivity index (χ4n) is 3.52. The van der Waals surface area contributed by atoms with E-state index < -0.39 is 0 Å². The monoisotopic (exact) mass is 370 g/mol. The van der Waals surface area contributed by atoms with E-state index in [0.717, 1.165) is 38.2 Å². The van der Waals surface area contributed by atoms with E-state index in [2.05, 4.69) is 39.5 Å². The number of hydrogen-bond donors (Lipinski definition) is 1. The normalized spacial score (nSPS) is 16.2. The third kappa shape index (κ3) is 3.54. The lowest BCUT2D eigenvalue weighted by Gasteiger charge is -2.28. The molecule has 1 aromatic carbocycles. The van der Waals surface area contributed by atoms with Crippen LogP contribution in [0, 0.1) is 0 Å². The van der Waals surface area contributed by atoms with Crippen molar-refractivity contribution in [2.24, 2.45) is 0 Å². The van der Waals surface area contributed by atoms with E-state index in [9.17, 15) is 9.59 Å². The molecule has 26 heavy (non-hydrogen) atoms. The molecule has 2 aliphatic heterocycles. The Balaban J connectivity index is 1.27. The van der Waals surface area contributed by atoms with Gasteiger partial charge >= 0.3 is 0 Å². The van der Waals surface area contributed by atoms with Gasteiger partial charge in [-0.15, -0.1) is 0 Å². The number of nitrogens with one attached hydrogen (secondary N) is 1. The zero-order valence-corrected chi connectivity index (χ0v) is 15.4. The number of benzene rings is 1. The number of carbonyl (C=O) groups is 1. The second-order valence-electron chi connectivity index (χ2n) is 6.66. The Labute approximate surface area is 156 Å². The maximum atomic E-state index is 12.3. The molecule has 0 bridgehead atoms. The van der Waals surface area contributed by atoms with E-state index in [1.165, 1.54) is 17.3 Å². The number of thioether (sulfide) groups is 1.